The number of hydrogen-bond acceptors (Lipinski definition) is 4. The minimum absolute atomic E-state index is 0.231. The molecule has 1 rings (SSSR count). The van der Waals surface area contributed by atoms with Gasteiger partial charge < -0.3 is 0 Å². The average molecular weight is 212 g/mol. The Morgan fingerprint density at radius 2 is 1.19 bits per heavy atom. The molecule has 4 heteroatoms. The quantitative estimate of drug-likeness (QED) is 0.700. The Morgan fingerprint density at radius 3 is 1.38 bits per heavy atom. The molecule has 4 nitrogen and oxygen atoms in total. The first-order chi connectivity index (χ1) is 7.41. The predicted octanol–water partition coefficient (Wildman–Crippen LogP) is 2.12. The molecule has 0 aromatic carbocycles. The Kier molecular flexibility index (Phi) is 2.43. The Bertz CT molecular complexity index is 409. The van der Waals surface area contributed by atoms with Gasteiger partial charge in [-0.1, -0.05) is 20.8 Å². The van der Waals surface area contributed by atoms with E-state index in [4.69, 9.17) is 21.0 Å². The summed E-state index contributed by atoms with van der Waals surface area (Å²) in [5.41, 5.74) is -3.80. The molecule has 0 saturated heterocycles. The lowest BCUT2D eigenvalue weighted by atomic mass is 9.87. The zero-order valence-corrected chi connectivity index (χ0v) is 9.57. The molecule has 80 valence electrons. The van der Waals surface area contributed by atoms with Crippen molar-refractivity contribution in [3.05, 3.63) is 0 Å². The number of nitrogens with zero attached hydrogens (tertiary/aromatic N) is 4. The summed E-state index contributed by atoms with van der Waals surface area (Å²) in [4.78, 5) is 0. The van der Waals surface area contributed by atoms with E-state index in [1.165, 1.54) is 0 Å². The van der Waals surface area contributed by atoms with Gasteiger partial charge in [-0.2, -0.15) is 21.0 Å². The molecule has 0 heterocycles. The average Bonchev–Trinajstić information content (AvgIpc) is 2.70. The summed E-state index contributed by atoms with van der Waals surface area (Å²) in [6.45, 7) is 5.58. The molecule has 1 aliphatic rings. The molecule has 0 amide bonds. The van der Waals surface area contributed by atoms with E-state index < -0.39 is 16.2 Å². The van der Waals surface area contributed by atoms with Gasteiger partial charge in [-0.3, -0.25) is 0 Å². The van der Waals surface area contributed by atoms with Crippen molar-refractivity contribution in [3.8, 4) is 24.3 Å². The molecular weight excluding hydrogens is 200 g/mol. The SMILES string of the molecule is CC(C)CC1(C)C(C#N)(C#N)C1(C#N)C#N. The van der Waals surface area contributed by atoms with Crippen molar-refractivity contribution in [1.82, 2.24) is 0 Å². The minimum Gasteiger partial charge on any atom is -0.196 e. The van der Waals surface area contributed by atoms with Crippen LogP contribution in [0.15, 0.2) is 0 Å². The van der Waals surface area contributed by atoms with E-state index in [0.717, 1.165) is 0 Å². The van der Waals surface area contributed by atoms with Gasteiger partial charge in [-0.15, -0.1) is 0 Å². The number of nitriles is 4. The monoisotopic (exact) mass is 212 g/mol. The number of hydrogen-bond donors (Lipinski definition) is 0. The van der Waals surface area contributed by atoms with E-state index in [-0.39, 0.29) is 5.92 Å². The predicted molar refractivity (Wildman–Crippen MR) is 54.9 cm³/mol. The van der Waals surface area contributed by atoms with Crippen molar-refractivity contribution < 1.29 is 0 Å². The second kappa shape index (κ2) is 3.23. The standard InChI is InChI=1S/C12H12N4/c1-9(2)4-10(3)11(5-13,6-14)12(10,7-15)8-16/h9H,4H2,1-3H3. The van der Waals surface area contributed by atoms with E-state index >= 15 is 0 Å². The maximum atomic E-state index is 9.13. The van der Waals surface area contributed by atoms with E-state index in [2.05, 4.69) is 0 Å². The maximum absolute atomic E-state index is 9.13. The second-order valence-electron chi connectivity index (χ2n) is 4.88. The van der Waals surface area contributed by atoms with Gasteiger partial charge in [0.15, 0.2) is 10.8 Å². The van der Waals surface area contributed by atoms with Gasteiger partial charge >= 0.3 is 0 Å². The molecule has 0 radical (unpaired) electrons. The zero-order valence-electron chi connectivity index (χ0n) is 9.57. The third kappa shape index (κ3) is 0.900. The largest absolute Gasteiger partial charge is 0.196 e. The fraction of sp³-hybridized carbons (Fsp3) is 0.667. The summed E-state index contributed by atoms with van der Waals surface area (Å²) in [5, 5.41) is 36.5. The second-order valence-corrected chi connectivity index (χ2v) is 4.88. The van der Waals surface area contributed by atoms with Crippen molar-refractivity contribution in [2.75, 3.05) is 0 Å². The fourth-order valence-corrected chi connectivity index (χ4v) is 2.79. The molecular formula is C12H12N4. The van der Waals surface area contributed by atoms with Crippen molar-refractivity contribution in [2.45, 2.75) is 27.2 Å². The van der Waals surface area contributed by atoms with Crippen LogP contribution in [0.2, 0.25) is 0 Å². The van der Waals surface area contributed by atoms with Gasteiger partial charge in [0, 0.05) is 5.41 Å². The van der Waals surface area contributed by atoms with E-state index in [1.54, 1.807) is 6.92 Å². The third-order valence-electron chi connectivity index (χ3n) is 3.64. The summed E-state index contributed by atoms with van der Waals surface area (Å²) < 4.78 is 0. The van der Waals surface area contributed by atoms with E-state index in [1.807, 2.05) is 38.1 Å². The van der Waals surface area contributed by atoms with Crippen LogP contribution in [0.1, 0.15) is 27.2 Å². The van der Waals surface area contributed by atoms with Crippen LogP contribution in [0.3, 0.4) is 0 Å². The first-order valence-corrected chi connectivity index (χ1v) is 5.06. The maximum Gasteiger partial charge on any atom is 0.183 e. The van der Waals surface area contributed by atoms with Crippen molar-refractivity contribution in [2.24, 2.45) is 22.2 Å². The van der Waals surface area contributed by atoms with Crippen LogP contribution in [0.5, 0.6) is 0 Å². The molecule has 0 bridgehead atoms. The van der Waals surface area contributed by atoms with E-state index in [9.17, 15) is 0 Å². The minimum atomic E-state index is -1.48. The Hall–Kier alpha value is -2.04. The smallest absolute Gasteiger partial charge is 0.183 e. The lowest BCUT2D eigenvalue weighted by Gasteiger charge is -2.13. The van der Waals surface area contributed by atoms with Crippen LogP contribution < -0.4 is 0 Å². The fourth-order valence-electron chi connectivity index (χ4n) is 2.79. The highest BCUT2D eigenvalue weighted by molar-refractivity contribution is 5.55. The Morgan fingerprint density at radius 1 is 0.875 bits per heavy atom. The molecule has 1 aliphatic carbocycles. The molecule has 0 N–H and O–H groups in total. The highest BCUT2D eigenvalue weighted by Gasteiger charge is 2.89. The van der Waals surface area contributed by atoms with Crippen LogP contribution in [0, 0.1) is 67.5 Å². The highest BCUT2D eigenvalue weighted by Crippen LogP contribution is 2.79. The lowest BCUT2D eigenvalue weighted by Crippen LogP contribution is -2.10. The Balaban J connectivity index is 3.36. The normalized spacial score (nSPS) is 22.2. The van der Waals surface area contributed by atoms with Crippen molar-refractivity contribution >= 4 is 0 Å². The first-order valence-electron chi connectivity index (χ1n) is 5.06. The van der Waals surface area contributed by atoms with Crippen LogP contribution in [-0.2, 0) is 0 Å². The van der Waals surface area contributed by atoms with Crippen molar-refractivity contribution in [3.63, 3.8) is 0 Å². The summed E-state index contributed by atoms with van der Waals surface area (Å²) in [5.74, 6) is 0.231. The van der Waals surface area contributed by atoms with Gasteiger partial charge in [0.25, 0.3) is 0 Å². The van der Waals surface area contributed by atoms with Gasteiger partial charge in [-0.25, -0.2) is 0 Å². The molecule has 1 fully saturated rings. The van der Waals surface area contributed by atoms with Crippen molar-refractivity contribution in [1.29, 1.82) is 21.0 Å². The van der Waals surface area contributed by atoms with Crippen LogP contribution in [0.4, 0.5) is 0 Å². The summed E-state index contributed by atoms with van der Waals surface area (Å²) in [6.07, 6.45) is 0.523. The lowest BCUT2D eigenvalue weighted by molar-refractivity contribution is 0.363. The Labute approximate surface area is 95.3 Å². The van der Waals surface area contributed by atoms with Gasteiger partial charge in [0.2, 0.25) is 0 Å². The van der Waals surface area contributed by atoms with E-state index in [0.29, 0.717) is 6.42 Å². The van der Waals surface area contributed by atoms with Gasteiger partial charge in [-0.05, 0) is 12.3 Å². The van der Waals surface area contributed by atoms with Crippen LogP contribution in [-0.4, -0.2) is 0 Å². The van der Waals surface area contributed by atoms with Gasteiger partial charge in [0.05, 0.1) is 24.3 Å². The molecule has 0 aromatic heterocycles. The summed E-state index contributed by atoms with van der Waals surface area (Å²) >= 11 is 0. The molecule has 0 spiro atoms. The summed E-state index contributed by atoms with van der Waals surface area (Å²) in [6, 6.07) is 7.54. The van der Waals surface area contributed by atoms with Crippen LogP contribution in [0.25, 0.3) is 0 Å². The van der Waals surface area contributed by atoms with Crippen LogP contribution >= 0.6 is 0 Å². The summed E-state index contributed by atoms with van der Waals surface area (Å²) in [7, 11) is 0. The molecule has 1 saturated carbocycles. The third-order valence-corrected chi connectivity index (χ3v) is 3.64. The molecule has 16 heavy (non-hydrogen) atoms. The molecule has 0 aliphatic heterocycles. The number of rotatable bonds is 2. The zero-order chi connectivity index (χ0) is 12.6. The topological polar surface area (TPSA) is 95.2 Å². The first kappa shape index (κ1) is 12.0. The molecule has 0 unspecified atom stereocenters. The molecule has 0 aromatic rings. The highest BCUT2D eigenvalue weighted by atomic mass is 14.8. The molecule has 0 atom stereocenters. The van der Waals surface area contributed by atoms with Gasteiger partial charge in [0.1, 0.15) is 0 Å².